The third kappa shape index (κ3) is 4.38. The van der Waals surface area contributed by atoms with Gasteiger partial charge in [-0.15, -0.1) is 11.3 Å². The topological polar surface area (TPSA) is 41.1 Å². The Morgan fingerprint density at radius 1 is 1.21 bits per heavy atom. The molecule has 0 unspecified atom stereocenters. The average molecular weight is 380 g/mol. The van der Waals surface area contributed by atoms with Crippen LogP contribution in [0.25, 0.3) is 0 Å². The highest BCUT2D eigenvalue weighted by molar-refractivity contribution is 9.11. The summed E-state index contributed by atoms with van der Waals surface area (Å²) in [6, 6.07) is 8.53. The van der Waals surface area contributed by atoms with Crippen molar-refractivity contribution in [1.29, 1.82) is 0 Å². The first-order chi connectivity index (χ1) is 9.04. The number of rotatable bonds is 3. The maximum atomic E-state index is 11.7. The van der Waals surface area contributed by atoms with E-state index in [0.717, 1.165) is 8.66 Å². The van der Waals surface area contributed by atoms with Crippen LogP contribution >= 0.6 is 50.5 Å². The van der Waals surface area contributed by atoms with Gasteiger partial charge in [-0.25, -0.2) is 4.79 Å². The highest BCUT2D eigenvalue weighted by Crippen LogP contribution is 2.25. The second-order valence-electron chi connectivity index (χ2n) is 3.64. The Labute approximate surface area is 133 Å². The van der Waals surface area contributed by atoms with E-state index < -0.39 is 0 Å². The van der Waals surface area contributed by atoms with Crippen molar-refractivity contribution in [3.63, 3.8) is 0 Å². The Morgan fingerprint density at radius 2 is 2.00 bits per heavy atom. The van der Waals surface area contributed by atoms with Gasteiger partial charge in [0, 0.05) is 10.6 Å². The Kier molecular flexibility index (Phi) is 5.10. The van der Waals surface area contributed by atoms with Crippen molar-refractivity contribution in [3.05, 3.63) is 49.0 Å². The lowest BCUT2D eigenvalue weighted by atomic mass is 10.3. The number of hydrogen-bond acceptors (Lipinski definition) is 2. The summed E-state index contributed by atoms with van der Waals surface area (Å²) in [4.78, 5) is 12.7. The van der Waals surface area contributed by atoms with Crippen molar-refractivity contribution in [2.75, 3.05) is 5.32 Å². The van der Waals surface area contributed by atoms with Crippen LogP contribution in [-0.2, 0) is 6.54 Å². The van der Waals surface area contributed by atoms with Gasteiger partial charge in [0.15, 0.2) is 0 Å². The molecule has 0 radical (unpaired) electrons. The number of urea groups is 1. The van der Waals surface area contributed by atoms with Gasteiger partial charge in [0.2, 0.25) is 0 Å². The summed E-state index contributed by atoms with van der Waals surface area (Å²) in [5.41, 5.74) is 0.597. The van der Waals surface area contributed by atoms with E-state index in [1.807, 2.05) is 12.1 Å². The monoisotopic (exact) mass is 378 g/mol. The van der Waals surface area contributed by atoms with Crippen LogP contribution in [0, 0.1) is 0 Å². The second kappa shape index (κ2) is 6.61. The first-order valence-electron chi connectivity index (χ1n) is 5.29. The van der Waals surface area contributed by atoms with E-state index in [-0.39, 0.29) is 6.03 Å². The molecule has 3 nitrogen and oxygen atoms in total. The highest BCUT2D eigenvalue weighted by Gasteiger charge is 2.05. The molecule has 100 valence electrons. The lowest BCUT2D eigenvalue weighted by Crippen LogP contribution is -2.27. The minimum absolute atomic E-state index is 0.289. The van der Waals surface area contributed by atoms with Crippen molar-refractivity contribution < 1.29 is 4.79 Å². The maximum Gasteiger partial charge on any atom is 0.319 e. The summed E-state index contributed by atoms with van der Waals surface area (Å²) in [7, 11) is 0. The first-order valence-corrected chi connectivity index (χ1v) is 7.65. The number of benzene rings is 1. The van der Waals surface area contributed by atoms with Crippen LogP contribution in [0.1, 0.15) is 4.88 Å². The minimum atomic E-state index is -0.289. The van der Waals surface area contributed by atoms with Gasteiger partial charge in [-0.05, 0) is 46.3 Å². The van der Waals surface area contributed by atoms with Gasteiger partial charge < -0.3 is 10.6 Å². The summed E-state index contributed by atoms with van der Waals surface area (Å²) in [6.07, 6.45) is 0. The maximum absolute atomic E-state index is 11.7. The zero-order valence-electron chi connectivity index (χ0n) is 9.54. The van der Waals surface area contributed by atoms with Crippen molar-refractivity contribution in [1.82, 2.24) is 5.32 Å². The van der Waals surface area contributed by atoms with Crippen molar-refractivity contribution in [2.24, 2.45) is 0 Å². The van der Waals surface area contributed by atoms with Gasteiger partial charge in [0.05, 0.1) is 20.4 Å². The van der Waals surface area contributed by atoms with E-state index in [1.165, 1.54) is 0 Å². The van der Waals surface area contributed by atoms with E-state index >= 15 is 0 Å². The predicted octanol–water partition coefficient (Wildman–Crippen LogP) is 5.14. The molecule has 19 heavy (non-hydrogen) atoms. The molecule has 2 aromatic rings. The van der Waals surface area contributed by atoms with Crippen LogP contribution in [0.5, 0.6) is 0 Å². The van der Waals surface area contributed by atoms with Gasteiger partial charge in [0.25, 0.3) is 0 Å². The number of nitrogens with one attached hydrogen (secondary N) is 2. The highest BCUT2D eigenvalue weighted by atomic mass is 79.9. The summed E-state index contributed by atoms with van der Waals surface area (Å²) in [5.74, 6) is 0. The quantitative estimate of drug-likeness (QED) is 0.761. The summed E-state index contributed by atoms with van der Waals surface area (Å²) in [5, 5.41) is 6.30. The van der Waals surface area contributed by atoms with E-state index in [1.54, 1.807) is 29.5 Å². The molecule has 0 fully saturated rings. The van der Waals surface area contributed by atoms with Crippen LogP contribution in [0.2, 0.25) is 10.0 Å². The zero-order valence-corrected chi connectivity index (χ0v) is 13.5. The van der Waals surface area contributed by atoms with Crippen LogP contribution in [0.15, 0.2) is 34.1 Å². The number of carbonyl (C=O) groups is 1. The number of halogens is 3. The fourth-order valence-electron chi connectivity index (χ4n) is 1.36. The molecule has 1 aromatic heterocycles. The number of carbonyl (C=O) groups excluding carboxylic acids is 1. The Hall–Kier alpha value is -0.750. The summed E-state index contributed by atoms with van der Waals surface area (Å²) >= 11 is 16.6. The average Bonchev–Trinajstić information content (AvgIpc) is 2.77. The predicted molar refractivity (Wildman–Crippen MR) is 84.3 cm³/mol. The Bertz CT molecular complexity index is 603. The van der Waals surface area contributed by atoms with Crippen LogP contribution in [0.4, 0.5) is 10.5 Å². The third-order valence-corrected chi connectivity index (χ3v) is 4.59. The molecular weight excluding hydrogens is 371 g/mol. The van der Waals surface area contributed by atoms with Crippen LogP contribution in [0.3, 0.4) is 0 Å². The summed E-state index contributed by atoms with van der Waals surface area (Å²) < 4.78 is 1.04. The second-order valence-corrected chi connectivity index (χ2v) is 7.00. The molecule has 0 aliphatic carbocycles. The van der Waals surface area contributed by atoms with Gasteiger partial charge in [-0.1, -0.05) is 23.2 Å². The van der Waals surface area contributed by atoms with E-state index in [4.69, 9.17) is 23.2 Å². The normalized spacial score (nSPS) is 10.3. The number of anilines is 1. The molecule has 0 atom stereocenters. The molecule has 2 N–H and O–H groups in total. The molecule has 2 amide bonds. The van der Waals surface area contributed by atoms with Crippen molar-refractivity contribution in [3.8, 4) is 0 Å². The van der Waals surface area contributed by atoms with E-state index in [0.29, 0.717) is 22.3 Å². The van der Waals surface area contributed by atoms with E-state index in [9.17, 15) is 4.79 Å². The molecule has 7 heteroatoms. The largest absolute Gasteiger partial charge is 0.333 e. The first kappa shape index (κ1) is 14.7. The Morgan fingerprint density at radius 3 is 2.63 bits per heavy atom. The fraction of sp³-hybridized carbons (Fsp3) is 0.0833. The smallest absolute Gasteiger partial charge is 0.319 e. The van der Waals surface area contributed by atoms with Gasteiger partial charge >= 0.3 is 6.03 Å². The van der Waals surface area contributed by atoms with Gasteiger partial charge in [0.1, 0.15) is 0 Å². The zero-order chi connectivity index (χ0) is 13.8. The summed E-state index contributed by atoms with van der Waals surface area (Å²) in [6.45, 7) is 0.476. The minimum Gasteiger partial charge on any atom is -0.333 e. The standard InChI is InChI=1S/C12H9BrCl2N2OS/c13-11-4-2-8(19-11)6-16-12(18)17-7-1-3-9(14)10(15)5-7/h1-5H,6H2,(H2,16,17,18). The molecule has 0 aliphatic heterocycles. The molecule has 0 saturated carbocycles. The molecular formula is C12H9BrCl2N2OS. The fourth-order valence-corrected chi connectivity index (χ4v) is 3.08. The number of hydrogen-bond donors (Lipinski definition) is 2. The lowest BCUT2D eigenvalue weighted by molar-refractivity contribution is 0.252. The van der Waals surface area contributed by atoms with Crippen LogP contribution < -0.4 is 10.6 Å². The Balaban J connectivity index is 1.88. The van der Waals surface area contributed by atoms with Gasteiger partial charge in [-0.2, -0.15) is 0 Å². The van der Waals surface area contributed by atoms with Crippen molar-refractivity contribution in [2.45, 2.75) is 6.54 Å². The molecule has 1 heterocycles. The van der Waals surface area contributed by atoms with E-state index in [2.05, 4.69) is 26.6 Å². The SMILES string of the molecule is O=C(NCc1ccc(Br)s1)Nc1ccc(Cl)c(Cl)c1. The molecule has 2 rings (SSSR count). The third-order valence-electron chi connectivity index (χ3n) is 2.23. The van der Waals surface area contributed by atoms with Crippen LogP contribution in [-0.4, -0.2) is 6.03 Å². The molecule has 0 spiro atoms. The molecule has 0 saturated heterocycles. The molecule has 0 aliphatic rings. The van der Waals surface area contributed by atoms with Gasteiger partial charge in [-0.3, -0.25) is 0 Å². The lowest BCUT2D eigenvalue weighted by Gasteiger charge is -2.07. The van der Waals surface area contributed by atoms with Crippen molar-refractivity contribution >= 4 is 62.2 Å². The molecule has 0 bridgehead atoms. The number of amides is 2. The number of thiophene rings is 1. The molecule has 1 aromatic carbocycles.